The molecule has 2 N–H and O–H groups in total. The molecule has 0 bridgehead atoms. The zero-order valence-corrected chi connectivity index (χ0v) is 20.2. The van der Waals surface area contributed by atoms with E-state index in [1.807, 2.05) is 13.1 Å². The molecule has 31 heavy (non-hydrogen) atoms. The Kier molecular flexibility index (Phi) is 8.47. The highest BCUT2D eigenvalue weighted by molar-refractivity contribution is 5.80. The summed E-state index contributed by atoms with van der Waals surface area (Å²) in [6.45, 7) is 7.66. The highest BCUT2D eigenvalue weighted by atomic mass is 16.5. The van der Waals surface area contributed by atoms with Crippen molar-refractivity contribution in [1.29, 1.82) is 0 Å². The minimum absolute atomic E-state index is 0.0818. The van der Waals surface area contributed by atoms with Crippen LogP contribution in [0.5, 0.6) is 11.5 Å². The van der Waals surface area contributed by atoms with Crippen LogP contribution in [-0.2, 0) is 5.41 Å². The predicted octanol–water partition coefficient (Wildman–Crippen LogP) is 3.94. The third-order valence-electron chi connectivity index (χ3n) is 7.05. The number of ether oxygens (including phenoxy) is 2. The average molecular weight is 431 g/mol. The summed E-state index contributed by atoms with van der Waals surface area (Å²) in [7, 11) is 5.20. The molecule has 0 aromatic heterocycles. The van der Waals surface area contributed by atoms with E-state index in [9.17, 15) is 0 Å². The monoisotopic (exact) mass is 430 g/mol. The molecule has 2 aliphatic rings. The number of hydrogen-bond acceptors (Lipinski definition) is 4. The van der Waals surface area contributed by atoms with E-state index in [1.54, 1.807) is 14.2 Å². The molecule has 6 nitrogen and oxygen atoms in total. The number of benzene rings is 1. The lowest BCUT2D eigenvalue weighted by Crippen LogP contribution is -2.52. The lowest BCUT2D eigenvalue weighted by molar-refractivity contribution is 0.119. The molecule has 1 aliphatic carbocycles. The molecule has 0 amide bonds. The molecule has 1 heterocycles. The van der Waals surface area contributed by atoms with Gasteiger partial charge in [0.1, 0.15) is 0 Å². The van der Waals surface area contributed by atoms with E-state index < -0.39 is 0 Å². The number of hydrogen-bond donors (Lipinski definition) is 2. The summed E-state index contributed by atoms with van der Waals surface area (Å²) in [6, 6.07) is 7.48. The number of rotatable bonds is 7. The van der Waals surface area contributed by atoms with E-state index in [0.717, 1.165) is 30.0 Å². The third-order valence-corrected chi connectivity index (χ3v) is 7.05. The minimum atomic E-state index is -0.0818. The van der Waals surface area contributed by atoms with Crippen LogP contribution >= 0.6 is 0 Å². The van der Waals surface area contributed by atoms with Gasteiger partial charge in [-0.15, -0.1) is 0 Å². The van der Waals surface area contributed by atoms with Gasteiger partial charge in [0, 0.05) is 44.2 Å². The lowest BCUT2D eigenvalue weighted by Gasteiger charge is -2.39. The summed E-state index contributed by atoms with van der Waals surface area (Å²) in [5, 5.41) is 7.21. The van der Waals surface area contributed by atoms with Crippen LogP contribution in [0.2, 0.25) is 0 Å². The molecule has 1 aromatic carbocycles. The van der Waals surface area contributed by atoms with Gasteiger partial charge >= 0.3 is 0 Å². The molecule has 0 spiro atoms. The van der Waals surface area contributed by atoms with E-state index in [4.69, 9.17) is 9.47 Å². The number of methoxy groups -OCH3 is 2. The van der Waals surface area contributed by atoms with Gasteiger partial charge < -0.3 is 25.0 Å². The Labute approximate surface area is 188 Å². The van der Waals surface area contributed by atoms with E-state index >= 15 is 0 Å². The van der Waals surface area contributed by atoms with Gasteiger partial charge in [0.15, 0.2) is 17.5 Å². The fraction of sp³-hybridized carbons (Fsp3) is 0.720. The summed E-state index contributed by atoms with van der Waals surface area (Å²) in [4.78, 5) is 7.21. The van der Waals surface area contributed by atoms with Crippen molar-refractivity contribution in [2.24, 2.45) is 4.99 Å². The summed E-state index contributed by atoms with van der Waals surface area (Å²) in [6.07, 6.45) is 9.42. The molecule has 3 rings (SSSR count). The smallest absolute Gasteiger partial charge is 0.191 e. The Hall–Kier alpha value is -1.95. The minimum Gasteiger partial charge on any atom is -0.493 e. The molecule has 6 heteroatoms. The van der Waals surface area contributed by atoms with Gasteiger partial charge in [0.05, 0.1) is 14.2 Å². The van der Waals surface area contributed by atoms with Crippen LogP contribution in [0.25, 0.3) is 0 Å². The number of aliphatic imine (C=N–C) groups is 1. The molecule has 0 unspecified atom stereocenters. The lowest BCUT2D eigenvalue weighted by atomic mass is 9.84. The SMILES string of the molecule is CN=C(NCC(C)(C)c1ccc(OC)c(OC)c1)NC1CCN(C2CCCCC2)CC1. The van der Waals surface area contributed by atoms with Crippen LogP contribution in [0.4, 0.5) is 0 Å². The highest BCUT2D eigenvalue weighted by Crippen LogP contribution is 2.33. The first-order chi connectivity index (χ1) is 15.0. The Bertz CT molecular complexity index is 720. The average Bonchev–Trinajstić information content (AvgIpc) is 2.82. The Morgan fingerprint density at radius 3 is 2.32 bits per heavy atom. The Balaban J connectivity index is 1.50. The highest BCUT2D eigenvalue weighted by Gasteiger charge is 2.27. The maximum atomic E-state index is 5.49. The topological polar surface area (TPSA) is 58.1 Å². The van der Waals surface area contributed by atoms with Crippen molar-refractivity contribution in [3.8, 4) is 11.5 Å². The first kappa shape index (κ1) is 23.7. The van der Waals surface area contributed by atoms with E-state index in [-0.39, 0.29) is 5.41 Å². The normalized spacial score (nSPS) is 19.8. The molecule has 1 saturated carbocycles. The van der Waals surface area contributed by atoms with Gasteiger partial charge in [-0.05, 0) is 43.4 Å². The second kappa shape index (κ2) is 11.1. The van der Waals surface area contributed by atoms with Crippen molar-refractivity contribution in [3.63, 3.8) is 0 Å². The van der Waals surface area contributed by atoms with Crippen LogP contribution in [0.15, 0.2) is 23.2 Å². The molecule has 174 valence electrons. The van der Waals surface area contributed by atoms with Gasteiger partial charge in [-0.3, -0.25) is 4.99 Å². The van der Waals surface area contributed by atoms with Crippen molar-refractivity contribution in [2.75, 3.05) is 40.9 Å². The van der Waals surface area contributed by atoms with E-state index in [1.165, 1.54) is 63.6 Å². The molecule has 0 radical (unpaired) electrons. The number of nitrogens with zero attached hydrogens (tertiary/aromatic N) is 2. The number of piperidine rings is 1. The second-order valence-corrected chi connectivity index (χ2v) is 9.63. The number of likely N-dealkylation sites (tertiary alicyclic amines) is 1. The Morgan fingerprint density at radius 1 is 1.03 bits per heavy atom. The van der Waals surface area contributed by atoms with Gasteiger partial charge in [0.2, 0.25) is 0 Å². The summed E-state index contributed by atoms with van der Waals surface area (Å²) in [5.41, 5.74) is 1.12. The first-order valence-corrected chi connectivity index (χ1v) is 11.9. The maximum Gasteiger partial charge on any atom is 0.191 e. The van der Waals surface area contributed by atoms with E-state index in [0.29, 0.717) is 6.04 Å². The predicted molar refractivity (Wildman–Crippen MR) is 129 cm³/mol. The van der Waals surface area contributed by atoms with Crippen LogP contribution in [0, 0.1) is 0 Å². The quantitative estimate of drug-likeness (QED) is 0.507. The van der Waals surface area contributed by atoms with Gasteiger partial charge in [-0.25, -0.2) is 0 Å². The summed E-state index contributed by atoms with van der Waals surface area (Å²) >= 11 is 0. The van der Waals surface area contributed by atoms with Crippen LogP contribution in [-0.4, -0.2) is 63.8 Å². The summed E-state index contributed by atoms with van der Waals surface area (Å²) < 4.78 is 10.9. The number of guanidine groups is 1. The maximum absolute atomic E-state index is 5.49. The Morgan fingerprint density at radius 2 is 1.71 bits per heavy atom. The third kappa shape index (κ3) is 6.28. The molecular formula is C25H42N4O2. The van der Waals surface area contributed by atoms with Crippen molar-refractivity contribution in [3.05, 3.63) is 23.8 Å². The van der Waals surface area contributed by atoms with Crippen molar-refractivity contribution >= 4 is 5.96 Å². The molecular weight excluding hydrogens is 388 g/mol. The molecule has 0 atom stereocenters. The largest absolute Gasteiger partial charge is 0.493 e. The first-order valence-electron chi connectivity index (χ1n) is 11.9. The van der Waals surface area contributed by atoms with Crippen LogP contribution in [0.3, 0.4) is 0 Å². The van der Waals surface area contributed by atoms with Crippen molar-refractivity contribution in [1.82, 2.24) is 15.5 Å². The van der Waals surface area contributed by atoms with Crippen LogP contribution < -0.4 is 20.1 Å². The fourth-order valence-corrected chi connectivity index (χ4v) is 4.91. The van der Waals surface area contributed by atoms with Gasteiger partial charge in [0.25, 0.3) is 0 Å². The zero-order valence-electron chi connectivity index (χ0n) is 20.2. The van der Waals surface area contributed by atoms with Crippen molar-refractivity contribution in [2.45, 2.75) is 76.3 Å². The molecule has 2 fully saturated rings. The molecule has 1 saturated heterocycles. The summed E-state index contributed by atoms with van der Waals surface area (Å²) in [5.74, 6) is 2.41. The number of nitrogens with one attached hydrogen (secondary N) is 2. The molecule has 1 aliphatic heterocycles. The zero-order chi connectivity index (χ0) is 22.3. The van der Waals surface area contributed by atoms with Crippen LogP contribution in [0.1, 0.15) is 64.4 Å². The second-order valence-electron chi connectivity index (χ2n) is 9.63. The van der Waals surface area contributed by atoms with Gasteiger partial charge in [-0.1, -0.05) is 39.2 Å². The molecule has 1 aromatic rings. The fourth-order valence-electron chi connectivity index (χ4n) is 4.91. The van der Waals surface area contributed by atoms with Gasteiger partial charge in [-0.2, -0.15) is 0 Å². The van der Waals surface area contributed by atoms with E-state index in [2.05, 4.69) is 46.5 Å². The standard InChI is InChI=1S/C25H42N4O2/c1-25(2,19-11-12-22(30-4)23(17-19)31-5)18-27-24(26-3)28-20-13-15-29(16-14-20)21-9-7-6-8-10-21/h11-12,17,20-21H,6-10,13-16,18H2,1-5H3,(H2,26,27,28). The van der Waals surface area contributed by atoms with Crippen molar-refractivity contribution < 1.29 is 9.47 Å².